The number of nitrogens with zero attached hydrogens (tertiary/aromatic N) is 3. The number of hydrogen-bond donors (Lipinski definition) is 1. The Kier molecular flexibility index (Phi) is 7.17. The third kappa shape index (κ3) is 5.20. The zero-order chi connectivity index (χ0) is 28.2. The van der Waals surface area contributed by atoms with Crippen molar-refractivity contribution in [3.63, 3.8) is 0 Å². The van der Waals surface area contributed by atoms with Crippen molar-refractivity contribution >= 4 is 40.3 Å². The molecule has 5 rings (SSSR count). The van der Waals surface area contributed by atoms with Crippen LogP contribution in [0.25, 0.3) is 28.7 Å². The van der Waals surface area contributed by atoms with Gasteiger partial charge in [-0.05, 0) is 54.6 Å². The van der Waals surface area contributed by atoms with Crippen molar-refractivity contribution in [1.82, 2.24) is 4.57 Å². The highest BCUT2D eigenvalue weighted by atomic mass is 32.1. The van der Waals surface area contributed by atoms with E-state index in [0.29, 0.717) is 5.69 Å². The standard InChI is InChI=1S/C29H17FN4O5S/c30-18-10-12-19(13-11-18)32-27(35)23(17-31)29-33(20-6-2-1-3-7-20)28(36)26(40-29)16-21-14-15-25(39-21)22-8-4-5-9-24(22)34(37)38/h1-16H,(H,32,35). The zero-order valence-corrected chi connectivity index (χ0v) is 21.2. The Morgan fingerprint density at radius 3 is 2.42 bits per heavy atom. The van der Waals surface area contributed by atoms with Crippen molar-refractivity contribution in [3.05, 3.63) is 132 Å². The van der Waals surface area contributed by atoms with E-state index in [-0.39, 0.29) is 43.2 Å². The van der Waals surface area contributed by atoms with Crippen molar-refractivity contribution in [1.29, 1.82) is 5.26 Å². The van der Waals surface area contributed by atoms with E-state index in [4.69, 9.17) is 4.42 Å². The van der Waals surface area contributed by atoms with Gasteiger partial charge in [-0.1, -0.05) is 30.3 Å². The highest BCUT2D eigenvalue weighted by molar-refractivity contribution is 7.07. The molecule has 0 unspecified atom stereocenters. The third-order valence-electron chi connectivity index (χ3n) is 5.76. The van der Waals surface area contributed by atoms with E-state index in [1.807, 2.05) is 6.07 Å². The molecule has 2 heterocycles. The second-order valence-corrected chi connectivity index (χ2v) is 9.35. The van der Waals surface area contributed by atoms with Gasteiger partial charge in [0.05, 0.1) is 20.7 Å². The number of furan rings is 1. The minimum atomic E-state index is -0.775. The van der Waals surface area contributed by atoms with Gasteiger partial charge < -0.3 is 9.73 Å². The Morgan fingerprint density at radius 1 is 1.02 bits per heavy atom. The van der Waals surface area contributed by atoms with Gasteiger partial charge in [0.2, 0.25) is 0 Å². The highest BCUT2D eigenvalue weighted by Crippen LogP contribution is 2.31. The fourth-order valence-corrected chi connectivity index (χ4v) is 5.01. The predicted octanol–water partition coefficient (Wildman–Crippen LogP) is 4.35. The lowest BCUT2D eigenvalue weighted by Crippen LogP contribution is -2.32. The van der Waals surface area contributed by atoms with Crippen LogP contribution in [-0.4, -0.2) is 15.4 Å². The number of nitro benzene ring substituents is 1. The van der Waals surface area contributed by atoms with Crippen LogP contribution in [0.3, 0.4) is 0 Å². The second kappa shape index (κ2) is 11.0. The van der Waals surface area contributed by atoms with E-state index >= 15 is 0 Å². The lowest BCUT2D eigenvalue weighted by atomic mass is 10.1. The number of anilines is 1. The molecule has 5 aromatic rings. The molecule has 3 aromatic carbocycles. The minimum Gasteiger partial charge on any atom is -0.456 e. The monoisotopic (exact) mass is 552 g/mol. The molecule has 1 N–H and O–H groups in total. The molecule has 11 heteroatoms. The summed E-state index contributed by atoms with van der Waals surface area (Å²) in [7, 11) is 0. The molecule has 0 radical (unpaired) electrons. The molecule has 0 saturated carbocycles. The van der Waals surface area contributed by atoms with E-state index in [1.165, 1.54) is 41.0 Å². The molecule has 0 saturated heterocycles. The van der Waals surface area contributed by atoms with Crippen LogP contribution in [0, 0.1) is 27.3 Å². The summed E-state index contributed by atoms with van der Waals surface area (Å²) in [6.07, 6.45) is 1.45. The molecule has 0 aliphatic rings. The van der Waals surface area contributed by atoms with Crippen LogP contribution in [0.5, 0.6) is 0 Å². The van der Waals surface area contributed by atoms with E-state index in [1.54, 1.807) is 60.7 Å². The second-order valence-electron chi connectivity index (χ2n) is 8.32. The summed E-state index contributed by atoms with van der Waals surface area (Å²) in [4.78, 5) is 37.6. The number of amides is 1. The highest BCUT2D eigenvalue weighted by Gasteiger charge is 2.19. The Labute approximate surface area is 229 Å². The van der Waals surface area contributed by atoms with Crippen LogP contribution in [0.15, 0.2) is 100 Å². The molecule has 1 amide bonds. The maximum absolute atomic E-state index is 13.6. The first-order chi connectivity index (χ1) is 19.4. The SMILES string of the molecule is N#CC(C(=O)Nc1ccc(F)cc1)=c1sc(=Cc2ccc(-c3ccccc3[N+](=O)[O-])o2)c(=O)n1-c1ccccc1. The molecule has 0 fully saturated rings. The molecule has 0 bridgehead atoms. The molecule has 9 nitrogen and oxygen atoms in total. The van der Waals surface area contributed by atoms with Gasteiger partial charge in [0.15, 0.2) is 5.57 Å². The van der Waals surface area contributed by atoms with Gasteiger partial charge in [-0.2, -0.15) is 5.26 Å². The van der Waals surface area contributed by atoms with E-state index < -0.39 is 22.2 Å². The van der Waals surface area contributed by atoms with Crippen LogP contribution in [-0.2, 0) is 4.79 Å². The summed E-state index contributed by atoms with van der Waals surface area (Å²) < 4.78 is 20.6. The maximum atomic E-state index is 13.6. The smallest absolute Gasteiger partial charge is 0.280 e. The number of nitro groups is 1. The van der Waals surface area contributed by atoms with Crippen LogP contribution >= 0.6 is 11.3 Å². The Balaban J connectivity index is 1.66. The number of nitriles is 1. The van der Waals surface area contributed by atoms with Crippen molar-refractivity contribution in [3.8, 4) is 23.1 Å². The van der Waals surface area contributed by atoms with Gasteiger partial charge in [-0.15, -0.1) is 11.3 Å². The summed E-state index contributed by atoms with van der Waals surface area (Å²) in [5, 5.41) is 23.9. The topological polar surface area (TPSA) is 131 Å². The van der Waals surface area contributed by atoms with Crippen LogP contribution in [0.1, 0.15) is 5.76 Å². The van der Waals surface area contributed by atoms with Gasteiger partial charge in [0.1, 0.15) is 28.1 Å². The van der Waals surface area contributed by atoms with E-state index in [2.05, 4.69) is 5.32 Å². The van der Waals surface area contributed by atoms with Gasteiger partial charge in [0, 0.05) is 17.8 Å². The lowest BCUT2D eigenvalue weighted by Gasteiger charge is -2.05. The molecular formula is C29H17FN4O5S. The fraction of sp³-hybridized carbons (Fsp3) is 0. The zero-order valence-electron chi connectivity index (χ0n) is 20.4. The van der Waals surface area contributed by atoms with E-state index in [0.717, 1.165) is 11.3 Å². The number of thiazole rings is 1. The van der Waals surface area contributed by atoms with Crippen molar-refractivity contribution in [2.75, 3.05) is 5.32 Å². The number of aromatic nitrogens is 1. The quantitative estimate of drug-likeness (QED) is 0.246. The number of halogens is 1. The molecule has 40 heavy (non-hydrogen) atoms. The average Bonchev–Trinajstić information content (AvgIpc) is 3.55. The van der Waals surface area contributed by atoms with Gasteiger partial charge in [-0.3, -0.25) is 24.3 Å². The first-order valence-corrected chi connectivity index (χ1v) is 12.5. The summed E-state index contributed by atoms with van der Waals surface area (Å²) in [6.45, 7) is 0. The third-order valence-corrected chi connectivity index (χ3v) is 6.85. The number of carbonyl (C=O) groups is 1. The van der Waals surface area contributed by atoms with E-state index in [9.17, 15) is 29.4 Å². The Hall–Kier alpha value is -5.60. The maximum Gasteiger partial charge on any atom is 0.280 e. The first kappa shape index (κ1) is 26.0. The van der Waals surface area contributed by atoms with Crippen LogP contribution < -0.4 is 20.1 Å². The normalized spacial score (nSPS) is 12.1. The average molecular weight is 553 g/mol. The number of carbonyl (C=O) groups excluding carboxylic acids is 1. The summed E-state index contributed by atoms with van der Waals surface area (Å²) >= 11 is 0.909. The molecule has 196 valence electrons. The Morgan fingerprint density at radius 2 is 1.73 bits per heavy atom. The molecule has 0 aliphatic heterocycles. The number of para-hydroxylation sites is 2. The van der Waals surface area contributed by atoms with Crippen molar-refractivity contribution < 1.29 is 18.5 Å². The van der Waals surface area contributed by atoms with Crippen LogP contribution in [0.2, 0.25) is 0 Å². The predicted molar refractivity (Wildman–Crippen MR) is 148 cm³/mol. The summed E-state index contributed by atoms with van der Waals surface area (Å²) in [5.41, 5.74) is 0.0223. The lowest BCUT2D eigenvalue weighted by molar-refractivity contribution is -0.384. The number of hydrogen-bond acceptors (Lipinski definition) is 7. The van der Waals surface area contributed by atoms with Crippen molar-refractivity contribution in [2.24, 2.45) is 0 Å². The largest absolute Gasteiger partial charge is 0.456 e. The molecular weight excluding hydrogens is 535 g/mol. The number of benzene rings is 3. The first-order valence-electron chi connectivity index (χ1n) is 11.7. The molecule has 0 spiro atoms. The molecule has 0 aliphatic carbocycles. The van der Waals surface area contributed by atoms with Gasteiger partial charge in [-0.25, -0.2) is 4.39 Å². The molecule has 2 aromatic heterocycles. The summed E-state index contributed by atoms with van der Waals surface area (Å²) in [6, 6.07) is 24.7. The minimum absolute atomic E-state index is 0.0787. The van der Waals surface area contributed by atoms with Gasteiger partial charge >= 0.3 is 0 Å². The van der Waals surface area contributed by atoms with Gasteiger partial charge in [0.25, 0.3) is 17.2 Å². The Bertz CT molecular complexity index is 1970. The van der Waals surface area contributed by atoms with Crippen molar-refractivity contribution in [2.45, 2.75) is 0 Å². The number of rotatable bonds is 6. The summed E-state index contributed by atoms with van der Waals surface area (Å²) in [5.74, 6) is -0.778. The fourth-order valence-electron chi connectivity index (χ4n) is 3.93. The van der Waals surface area contributed by atoms with Crippen LogP contribution in [0.4, 0.5) is 15.8 Å². The number of nitrogens with one attached hydrogen (secondary N) is 1. The molecule has 0 atom stereocenters.